The number of nitrogens with one attached hydrogen (secondary N) is 3. The molecule has 1 aromatic carbocycles. The normalized spacial score (nSPS) is 17.6. The first-order chi connectivity index (χ1) is 11.6. The second kappa shape index (κ2) is 7.12. The lowest BCUT2D eigenvalue weighted by Gasteiger charge is -2.32. The first-order valence-electron chi connectivity index (χ1n) is 7.73. The van der Waals surface area contributed by atoms with Gasteiger partial charge in [-0.25, -0.2) is 9.18 Å². The minimum atomic E-state index is -0.621. The molecule has 0 spiro atoms. The number of carbonyl (C=O) groups is 2. The first kappa shape index (κ1) is 16.0. The van der Waals surface area contributed by atoms with Crippen LogP contribution in [0.25, 0.3) is 0 Å². The maximum Gasteiger partial charge on any atom is 0.315 e. The van der Waals surface area contributed by atoms with Crippen molar-refractivity contribution in [2.45, 2.75) is 25.4 Å². The van der Waals surface area contributed by atoms with Crippen LogP contribution in [0.1, 0.15) is 18.5 Å². The van der Waals surface area contributed by atoms with Gasteiger partial charge in [-0.05, 0) is 37.1 Å². The molecule has 24 heavy (non-hydrogen) atoms. The molecule has 1 aliphatic heterocycles. The number of amides is 3. The fraction of sp³-hybridized carbons (Fsp3) is 0.312. The quantitative estimate of drug-likeness (QED) is 0.794. The van der Waals surface area contributed by atoms with E-state index in [0.717, 1.165) is 12.1 Å². The second-order valence-corrected chi connectivity index (χ2v) is 5.57. The third-order valence-corrected chi connectivity index (χ3v) is 3.86. The molecule has 1 aromatic heterocycles. The molecule has 1 aliphatic rings. The Morgan fingerprint density at radius 3 is 3.04 bits per heavy atom. The lowest BCUT2D eigenvalue weighted by molar-refractivity contribution is -0.121. The second-order valence-electron chi connectivity index (χ2n) is 5.57. The Kier molecular flexibility index (Phi) is 4.74. The van der Waals surface area contributed by atoms with Crippen molar-refractivity contribution in [3.8, 4) is 0 Å². The van der Waals surface area contributed by atoms with Crippen LogP contribution >= 0.6 is 0 Å². The summed E-state index contributed by atoms with van der Waals surface area (Å²) in [4.78, 5) is 26.0. The molecule has 0 aliphatic carbocycles. The standard InChI is InChI=1S/C16H18FN5O2/c17-11-3-1-4-13(9-11)22-8-2-5-14(15(22)23)20-16(24)18-10-12-6-7-19-21-12/h1,3-4,6-7,9,14H,2,5,8,10H2,(H,19,21)(H2,18,20,24)/t14-/m0/s1. The zero-order valence-corrected chi connectivity index (χ0v) is 13.0. The summed E-state index contributed by atoms with van der Waals surface area (Å²) in [5.74, 6) is -0.628. The van der Waals surface area contributed by atoms with Gasteiger partial charge >= 0.3 is 6.03 Å². The van der Waals surface area contributed by atoms with E-state index in [1.807, 2.05) is 0 Å². The number of hydrogen-bond donors (Lipinski definition) is 3. The molecule has 2 aromatic rings. The average molecular weight is 331 g/mol. The highest BCUT2D eigenvalue weighted by Crippen LogP contribution is 2.21. The number of aromatic nitrogens is 2. The molecule has 0 bridgehead atoms. The number of anilines is 1. The third-order valence-electron chi connectivity index (χ3n) is 3.86. The number of hydrogen-bond acceptors (Lipinski definition) is 3. The van der Waals surface area contributed by atoms with E-state index in [1.165, 1.54) is 17.0 Å². The lowest BCUT2D eigenvalue weighted by atomic mass is 10.0. The van der Waals surface area contributed by atoms with Crippen molar-refractivity contribution in [3.63, 3.8) is 0 Å². The summed E-state index contributed by atoms with van der Waals surface area (Å²) >= 11 is 0. The minimum Gasteiger partial charge on any atom is -0.333 e. The summed E-state index contributed by atoms with van der Waals surface area (Å²) in [6, 6.07) is 6.59. The van der Waals surface area contributed by atoms with Crippen molar-refractivity contribution < 1.29 is 14.0 Å². The van der Waals surface area contributed by atoms with Gasteiger partial charge in [-0.2, -0.15) is 5.10 Å². The van der Waals surface area contributed by atoms with Gasteiger partial charge in [0.2, 0.25) is 5.91 Å². The summed E-state index contributed by atoms with van der Waals surface area (Å²) < 4.78 is 13.4. The fourth-order valence-electron chi connectivity index (χ4n) is 2.68. The molecule has 3 N–H and O–H groups in total. The van der Waals surface area contributed by atoms with Gasteiger partial charge in [0.15, 0.2) is 0 Å². The number of H-pyrrole nitrogens is 1. The molecule has 126 valence electrons. The van der Waals surface area contributed by atoms with Crippen molar-refractivity contribution in [2.24, 2.45) is 0 Å². The van der Waals surface area contributed by atoms with E-state index in [0.29, 0.717) is 25.2 Å². The van der Waals surface area contributed by atoms with Crippen LogP contribution in [0.2, 0.25) is 0 Å². The van der Waals surface area contributed by atoms with E-state index in [9.17, 15) is 14.0 Å². The molecular formula is C16H18FN5O2. The van der Waals surface area contributed by atoms with Gasteiger partial charge in [-0.1, -0.05) is 6.07 Å². The van der Waals surface area contributed by atoms with Crippen LogP contribution in [0, 0.1) is 5.82 Å². The maximum atomic E-state index is 13.4. The van der Waals surface area contributed by atoms with Crippen LogP contribution in [0.4, 0.5) is 14.9 Å². The zero-order valence-electron chi connectivity index (χ0n) is 13.0. The molecule has 3 rings (SSSR count). The Bertz CT molecular complexity index is 719. The van der Waals surface area contributed by atoms with E-state index >= 15 is 0 Å². The smallest absolute Gasteiger partial charge is 0.315 e. The van der Waals surface area contributed by atoms with Crippen LogP contribution in [0.5, 0.6) is 0 Å². The van der Waals surface area contributed by atoms with Gasteiger partial charge < -0.3 is 15.5 Å². The van der Waals surface area contributed by atoms with Crippen LogP contribution < -0.4 is 15.5 Å². The van der Waals surface area contributed by atoms with Crippen LogP contribution in [-0.2, 0) is 11.3 Å². The van der Waals surface area contributed by atoms with Gasteiger partial charge in [-0.3, -0.25) is 9.89 Å². The number of carbonyl (C=O) groups excluding carboxylic acids is 2. The topological polar surface area (TPSA) is 90.1 Å². The number of rotatable bonds is 4. The summed E-state index contributed by atoms with van der Waals surface area (Å²) in [5.41, 5.74) is 1.27. The van der Waals surface area contributed by atoms with Crippen LogP contribution in [-0.4, -0.2) is 34.7 Å². The Morgan fingerprint density at radius 2 is 2.29 bits per heavy atom. The van der Waals surface area contributed by atoms with Crippen LogP contribution in [0.15, 0.2) is 36.5 Å². The largest absolute Gasteiger partial charge is 0.333 e. The predicted octanol–water partition coefficient (Wildman–Crippen LogP) is 1.54. The number of halogens is 1. The Balaban J connectivity index is 1.59. The number of benzene rings is 1. The number of aromatic amines is 1. The van der Waals surface area contributed by atoms with Crippen LogP contribution in [0.3, 0.4) is 0 Å². The van der Waals surface area contributed by atoms with E-state index in [1.54, 1.807) is 24.4 Å². The van der Waals surface area contributed by atoms with Gasteiger partial charge in [0.05, 0.1) is 12.2 Å². The van der Waals surface area contributed by atoms with Crippen molar-refractivity contribution in [3.05, 3.63) is 48.0 Å². The molecule has 0 unspecified atom stereocenters. The minimum absolute atomic E-state index is 0.233. The molecule has 0 saturated carbocycles. The first-order valence-corrected chi connectivity index (χ1v) is 7.73. The van der Waals surface area contributed by atoms with Crippen molar-refractivity contribution in [1.29, 1.82) is 0 Å². The highest BCUT2D eigenvalue weighted by atomic mass is 19.1. The molecular weight excluding hydrogens is 313 g/mol. The summed E-state index contributed by atoms with van der Waals surface area (Å²) in [5, 5.41) is 11.9. The number of nitrogens with zero attached hydrogens (tertiary/aromatic N) is 2. The number of urea groups is 1. The van der Waals surface area contributed by atoms with E-state index in [2.05, 4.69) is 20.8 Å². The lowest BCUT2D eigenvalue weighted by Crippen LogP contribution is -2.54. The van der Waals surface area contributed by atoms with E-state index in [4.69, 9.17) is 0 Å². The zero-order chi connectivity index (χ0) is 16.9. The fourth-order valence-corrected chi connectivity index (χ4v) is 2.68. The highest BCUT2D eigenvalue weighted by molar-refractivity contribution is 5.99. The Morgan fingerprint density at radius 1 is 1.42 bits per heavy atom. The molecule has 1 saturated heterocycles. The SMILES string of the molecule is O=C(NCc1ccn[nH]1)N[C@H]1CCCN(c2cccc(F)c2)C1=O. The van der Waals surface area contributed by atoms with Crippen molar-refractivity contribution in [1.82, 2.24) is 20.8 Å². The van der Waals surface area contributed by atoms with Gasteiger partial charge in [0.1, 0.15) is 11.9 Å². The highest BCUT2D eigenvalue weighted by Gasteiger charge is 2.30. The summed E-state index contributed by atoms with van der Waals surface area (Å²) in [6.45, 7) is 0.802. The maximum absolute atomic E-state index is 13.4. The van der Waals surface area contributed by atoms with E-state index < -0.39 is 17.9 Å². The van der Waals surface area contributed by atoms with E-state index in [-0.39, 0.29) is 5.91 Å². The van der Waals surface area contributed by atoms with Gasteiger partial charge in [0, 0.05) is 18.4 Å². The van der Waals surface area contributed by atoms with Gasteiger partial charge in [0.25, 0.3) is 0 Å². The molecule has 3 amide bonds. The number of piperidine rings is 1. The molecule has 8 heteroatoms. The van der Waals surface area contributed by atoms with Crippen molar-refractivity contribution >= 4 is 17.6 Å². The molecule has 1 fully saturated rings. The third kappa shape index (κ3) is 3.70. The monoisotopic (exact) mass is 331 g/mol. The predicted molar refractivity (Wildman–Crippen MR) is 85.7 cm³/mol. The average Bonchev–Trinajstić information content (AvgIpc) is 3.08. The molecule has 7 nitrogen and oxygen atoms in total. The Labute approximate surface area is 138 Å². The molecule has 1 atom stereocenters. The Hall–Kier alpha value is -2.90. The van der Waals surface area contributed by atoms with Crippen molar-refractivity contribution in [2.75, 3.05) is 11.4 Å². The molecule has 0 radical (unpaired) electrons. The molecule has 2 heterocycles. The summed E-state index contributed by atoms with van der Waals surface area (Å²) in [6.07, 6.45) is 2.88. The summed E-state index contributed by atoms with van der Waals surface area (Å²) in [7, 11) is 0. The van der Waals surface area contributed by atoms with Gasteiger partial charge in [-0.15, -0.1) is 0 Å².